The van der Waals surface area contributed by atoms with Crippen LogP contribution < -0.4 is 10.6 Å². The number of benzene rings is 2. The van der Waals surface area contributed by atoms with E-state index in [-0.39, 0.29) is 11.5 Å². The van der Waals surface area contributed by atoms with Crippen LogP contribution in [0, 0.1) is 5.41 Å². The van der Waals surface area contributed by atoms with E-state index in [9.17, 15) is 0 Å². The molecule has 186 valence electrons. The van der Waals surface area contributed by atoms with Gasteiger partial charge in [-0.1, -0.05) is 89.1 Å². The third kappa shape index (κ3) is 7.68. The van der Waals surface area contributed by atoms with Crippen molar-refractivity contribution in [2.45, 2.75) is 72.8 Å². The largest absolute Gasteiger partial charge is 0.385 e. The van der Waals surface area contributed by atoms with E-state index in [0.717, 1.165) is 59.7 Å². The van der Waals surface area contributed by atoms with E-state index in [4.69, 9.17) is 0 Å². The van der Waals surface area contributed by atoms with Crippen molar-refractivity contribution < 1.29 is 0 Å². The molecule has 1 aliphatic heterocycles. The highest BCUT2D eigenvalue weighted by molar-refractivity contribution is 6.16. The molecule has 1 heterocycles. The van der Waals surface area contributed by atoms with Crippen molar-refractivity contribution in [2.24, 2.45) is 15.6 Å². The average Bonchev–Trinajstić information content (AvgIpc) is 3.33. The minimum atomic E-state index is 0.0585. The zero-order valence-corrected chi connectivity index (χ0v) is 22.2. The van der Waals surface area contributed by atoms with Gasteiger partial charge in [-0.3, -0.25) is 0 Å². The molecule has 0 saturated carbocycles. The van der Waals surface area contributed by atoms with Crippen molar-refractivity contribution in [2.75, 3.05) is 11.9 Å². The summed E-state index contributed by atoms with van der Waals surface area (Å²) < 4.78 is 0. The van der Waals surface area contributed by atoms with Gasteiger partial charge in [0.1, 0.15) is 0 Å². The molecule has 3 rings (SSSR count). The summed E-state index contributed by atoms with van der Waals surface area (Å²) >= 11 is 0. The molecule has 35 heavy (non-hydrogen) atoms. The minimum Gasteiger partial charge on any atom is -0.385 e. The van der Waals surface area contributed by atoms with E-state index in [1.165, 1.54) is 24.0 Å². The maximum Gasteiger partial charge on any atom is 0.0759 e. The zero-order chi connectivity index (χ0) is 25.4. The first-order chi connectivity index (χ1) is 16.7. The minimum absolute atomic E-state index is 0.0585. The van der Waals surface area contributed by atoms with Crippen molar-refractivity contribution in [1.82, 2.24) is 5.32 Å². The number of hydrogen-bond acceptors (Lipinski definition) is 4. The number of anilines is 1. The van der Waals surface area contributed by atoms with E-state index in [1.807, 2.05) is 6.92 Å². The van der Waals surface area contributed by atoms with Crippen molar-refractivity contribution in [1.29, 1.82) is 0 Å². The number of hydrogen-bond donors (Lipinski definition) is 2. The first-order valence-electron chi connectivity index (χ1n) is 12.9. The molecule has 0 aromatic heterocycles. The Morgan fingerprint density at radius 2 is 1.69 bits per heavy atom. The predicted molar refractivity (Wildman–Crippen MR) is 153 cm³/mol. The molecular weight excluding hydrogens is 428 g/mol. The van der Waals surface area contributed by atoms with Crippen LogP contribution in [-0.2, 0) is 0 Å². The van der Waals surface area contributed by atoms with Gasteiger partial charge in [0, 0.05) is 29.8 Å². The summed E-state index contributed by atoms with van der Waals surface area (Å²) in [5.74, 6) is 0. The summed E-state index contributed by atoms with van der Waals surface area (Å²) in [4.78, 5) is 0. The number of nitrogens with zero attached hydrogens (tertiary/aromatic N) is 2. The molecule has 0 spiro atoms. The fraction of sp³-hybridized carbons (Fsp3) is 0.419. The van der Waals surface area contributed by atoms with Gasteiger partial charge in [-0.2, -0.15) is 10.2 Å². The zero-order valence-electron chi connectivity index (χ0n) is 22.2. The van der Waals surface area contributed by atoms with Crippen molar-refractivity contribution >= 4 is 22.8 Å². The quantitative estimate of drug-likeness (QED) is 0.307. The summed E-state index contributed by atoms with van der Waals surface area (Å²) in [7, 11) is 0. The van der Waals surface area contributed by atoms with E-state index in [2.05, 4.69) is 110 Å². The summed E-state index contributed by atoms with van der Waals surface area (Å²) in [6, 6.07) is 17.7. The summed E-state index contributed by atoms with van der Waals surface area (Å²) in [5, 5.41) is 16.1. The van der Waals surface area contributed by atoms with Crippen molar-refractivity contribution in [3.8, 4) is 0 Å². The van der Waals surface area contributed by atoms with Gasteiger partial charge in [-0.05, 0) is 48.6 Å². The Bertz CT molecular complexity index is 1070. The second-order valence-electron chi connectivity index (χ2n) is 10.7. The lowest BCUT2D eigenvalue weighted by molar-refractivity contribution is 0.585. The van der Waals surface area contributed by atoms with Crippen LogP contribution in [0.4, 0.5) is 5.69 Å². The Morgan fingerprint density at radius 3 is 2.26 bits per heavy atom. The molecule has 2 aromatic carbocycles. The van der Waals surface area contributed by atoms with E-state index in [1.54, 1.807) is 0 Å². The van der Waals surface area contributed by atoms with Crippen LogP contribution in [0.25, 0.3) is 5.70 Å². The van der Waals surface area contributed by atoms with Crippen LogP contribution in [0.2, 0.25) is 0 Å². The number of unbranched alkanes of at least 4 members (excludes halogenated alkanes) is 1. The predicted octanol–water partition coefficient (Wildman–Crippen LogP) is 8.15. The number of nitrogens with one attached hydrogen (secondary N) is 2. The average molecular weight is 471 g/mol. The third-order valence-corrected chi connectivity index (χ3v) is 6.45. The molecule has 2 aromatic rings. The lowest BCUT2D eigenvalue weighted by Gasteiger charge is -2.21. The Morgan fingerprint density at radius 1 is 1.00 bits per heavy atom. The molecule has 1 unspecified atom stereocenters. The lowest BCUT2D eigenvalue weighted by atomic mass is 9.86. The van der Waals surface area contributed by atoms with Crippen LogP contribution in [0.1, 0.15) is 89.5 Å². The molecule has 0 bridgehead atoms. The highest BCUT2D eigenvalue weighted by Gasteiger charge is 2.25. The SMILES string of the molecule is C=C(C)CCNC(=C)c1ccc(NC(CCCC)c2ccc(C3=NN=C(C(C)(C)C)C3)cc2)cc1. The van der Waals surface area contributed by atoms with Gasteiger partial charge >= 0.3 is 0 Å². The molecule has 1 aliphatic rings. The molecule has 0 fully saturated rings. The molecule has 4 heteroatoms. The second kappa shape index (κ2) is 12.0. The summed E-state index contributed by atoms with van der Waals surface area (Å²) in [5.41, 5.74) is 9.09. The van der Waals surface area contributed by atoms with Crippen molar-refractivity contribution in [3.05, 3.63) is 84.0 Å². The van der Waals surface area contributed by atoms with Gasteiger partial charge in [0.05, 0.1) is 17.5 Å². The van der Waals surface area contributed by atoms with Gasteiger partial charge in [-0.15, -0.1) is 6.58 Å². The Hall–Kier alpha value is -3.14. The van der Waals surface area contributed by atoms with E-state index < -0.39 is 0 Å². The first-order valence-corrected chi connectivity index (χ1v) is 12.9. The smallest absolute Gasteiger partial charge is 0.0759 e. The second-order valence-corrected chi connectivity index (χ2v) is 10.7. The standard InChI is InChI=1S/C31H42N4/c1-8-9-10-28(33-27-17-15-24(16-18-27)23(4)32-20-19-22(2)3)25-11-13-26(14-12-25)29-21-30(35-34-29)31(5,6)7/h11-18,28,32-33H,2,4,8-10,19-21H2,1,3,5-7H3. The molecule has 4 nitrogen and oxygen atoms in total. The lowest BCUT2D eigenvalue weighted by Crippen LogP contribution is -2.20. The fourth-order valence-electron chi connectivity index (χ4n) is 4.06. The topological polar surface area (TPSA) is 48.8 Å². The van der Waals surface area contributed by atoms with Crippen LogP contribution in [0.5, 0.6) is 0 Å². The number of rotatable bonds is 12. The molecule has 1 atom stereocenters. The molecule has 0 amide bonds. The summed E-state index contributed by atoms with van der Waals surface area (Å²) in [6.45, 7) is 19.9. The van der Waals surface area contributed by atoms with Gasteiger partial charge in [0.25, 0.3) is 0 Å². The monoisotopic (exact) mass is 470 g/mol. The Balaban J connectivity index is 1.65. The maximum atomic E-state index is 4.47. The Labute approximate surface area is 212 Å². The fourth-order valence-corrected chi connectivity index (χ4v) is 4.06. The highest BCUT2D eigenvalue weighted by Crippen LogP contribution is 2.28. The van der Waals surface area contributed by atoms with Crippen molar-refractivity contribution in [3.63, 3.8) is 0 Å². The van der Waals surface area contributed by atoms with E-state index >= 15 is 0 Å². The van der Waals surface area contributed by atoms with Crippen LogP contribution in [0.3, 0.4) is 0 Å². The molecule has 0 radical (unpaired) electrons. The van der Waals surface area contributed by atoms with Crippen LogP contribution in [-0.4, -0.2) is 18.0 Å². The normalized spacial score (nSPS) is 14.2. The van der Waals surface area contributed by atoms with Gasteiger partial charge in [0.2, 0.25) is 0 Å². The molecule has 0 aliphatic carbocycles. The third-order valence-electron chi connectivity index (χ3n) is 6.45. The Kier molecular flexibility index (Phi) is 9.08. The molecular formula is C31H42N4. The first kappa shape index (κ1) is 26.5. The summed E-state index contributed by atoms with van der Waals surface area (Å²) in [6.07, 6.45) is 5.23. The van der Waals surface area contributed by atoms with Gasteiger partial charge < -0.3 is 10.6 Å². The highest BCUT2D eigenvalue weighted by atomic mass is 15.2. The van der Waals surface area contributed by atoms with Gasteiger partial charge in [-0.25, -0.2) is 0 Å². The maximum absolute atomic E-state index is 4.47. The molecule has 2 N–H and O–H groups in total. The van der Waals surface area contributed by atoms with E-state index in [0.29, 0.717) is 0 Å². The van der Waals surface area contributed by atoms with Crippen LogP contribution in [0.15, 0.2) is 77.5 Å². The van der Waals surface area contributed by atoms with Crippen LogP contribution >= 0.6 is 0 Å². The molecule has 0 saturated heterocycles. The van der Waals surface area contributed by atoms with Gasteiger partial charge in [0.15, 0.2) is 0 Å².